The second-order valence-corrected chi connectivity index (χ2v) is 10.0. The minimum atomic E-state index is 0.655. The molecular weight excluding hydrogens is 196 g/mol. The molecule has 0 aliphatic carbocycles. The molecule has 0 aromatic heterocycles. The molecule has 2 heteroatoms. The van der Waals surface area contributed by atoms with Crippen LogP contribution in [0.4, 0.5) is 0 Å². The lowest BCUT2D eigenvalue weighted by Gasteiger charge is -2.15. The highest BCUT2D eigenvalue weighted by molar-refractivity contribution is 8.13. The summed E-state index contributed by atoms with van der Waals surface area (Å²) in [6.45, 7) is 14.2. The lowest BCUT2D eigenvalue weighted by atomic mass is 10.5. The van der Waals surface area contributed by atoms with Gasteiger partial charge in [-0.15, -0.1) is 0 Å². The molecule has 0 aromatic rings. The average Bonchev–Trinajstić information content (AvgIpc) is 2.05. The van der Waals surface area contributed by atoms with E-state index >= 15 is 0 Å². The lowest BCUT2D eigenvalue weighted by Crippen LogP contribution is -2.32. The quantitative estimate of drug-likeness (QED) is 0.606. The van der Waals surface area contributed by atoms with Crippen LogP contribution >= 0.6 is 0 Å². The molecule has 80 valence electrons. The Labute approximate surface area is 90.6 Å². The van der Waals surface area contributed by atoms with Gasteiger partial charge >= 0.3 is 0 Å². The van der Waals surface area contributed by atoms with Gasteiger partial charge in [0, 0.05) is 21.8 Å². The van der Waals surface area contributed by atoms with Crippen molar-refractivity contribution in [3.8, 4) is 0 Å². The van der Waals surface area contributed by atoms with Crippen molar-refractivity contribution < 1.29 is 0 Å². The van der Waals surface area contributed by atoms with Crippen LogP contribution in [0.25, 0.3) is 0 Å². The summed E-state index contributed by atoms with van der Waals surface area (Å²) in [6, 6.07) is 0. The van der Waals surface area contributed by atoms with Crippen LogP contribution in [0.3, 0.4) is 0 Å². The first-order chi connectivity index (χ1) is 6.02. The lowest BCUT2D eigenvalue weighted by molar-refractivity contribution is 1.03. The van der Waals surface area contributed by atoms with E-state index in [4.69, 9.17) is 0 Å². The highest BCUT2D eigenvalue weighted by Crippen LogP contribution is 2.16. The monoisotopic (exact) mass is 222 g/mol. The Morgan fingerprint density at radius 1 is 0.846 bits per heavy atom. The third-order valence-electron chi connectivity index (χ3n) is 2.33. The number of hydrogen-bond donors (Lipinski definition) is 0. The normalized spacial score (nSPS) is 12.5. The summed E-state index contributed by atoms with van der Waals surface area (Å²) < 4.78 is 0. The summed E-state index contributed by atoms with van der Waals surface area (Å²) in [5, 5.41) is 3.25. The molecule has 0 saturated carbocycles. The van der Waals surface area contributed by atoms with Crippen molar-refractivity contribution in [1.29, 1.82) is 0 Å². The maximum Gasteiger partial charge on any atom is 0.258 e. The third-order valence-corrected chi connectivity index (χ3v) is 8.81. The molecule has 0 N–H and O–H groups in total. The van der Waals surface area contributed by atoms with Crippen molar-refractivity contribution in [1.82, 2.24) is 0 Å². The van der Waals surface area contributed by atoms with E-state index in [0.29, 0.717) is 21.8 Å². The van der Waals surface area contributed by atoms with Crippen molar-refractivity contribution in [2.24, 2.45) is 0 Å². The van der Waals surface area contributed by atoms with Crippen molar-refractivity contribution >= 4 is 21.8 Å². The van der Waals surface area contributed by atoms with Gasteiger partial charge in [0.25, 0.3) is 5.08 Å². The van der Waals surface area contributed by atoms with Crippen molar-refractivity contribution in [3.05, 3.63) is 0 Å². The summed E-state index contributed by atoms with van der Waals surface area (Å²) in [6.07, 6.45) is 0. The zero-order chi connectivity index (χ0) is 10.4. The van der Waals surface area contributed by atoms with Gasteiger partial charge in [0.2, 0.25) is 0 Å². The molecule has 0 saturated heterocycles. The van der Waals surface area contributed by atoms with Crippen LogP contribution in [-0.4, -0.2) is 27.1 Å². The Balaban J connectivity index is 4.08. The van der Waals surface area contributed by atoms with Crippen LogP contribution in [0.2, 0.25) is 0 Å². The Morgan fingerprint density at radius 2 is 1.23 bits per heavy atom. The fourth-order valence-electron chi connectivity index (χ4n) is 1.38. The molecular formula is C11H26S2+2. The fourth-order valence-corrected chi connectivity index (χ4v) is 7.93. The molecule has 0 radical (unpaired) electrons. The van der Waals surface area contributed by atoms with E-state index in [-0.39, 0.29) is 0 Å². The van der Waals surface area contributed by atoms with E-state index in [1.165, 1.54) is 16.6 Å². The van der Waals surface area contributed by atoms with E-state index in [2.05, 4.69) is 41.5 Å². The highest BCUT2D eigenvalue weighted by Gasteiger charge is 2.34. The molecule has 0 aromatic carbocycles. The SMILES string of the molecule is CC[S+](CC)C[S+](C(C)C)C(C)C. The summed E-state index contributed by atoms with van der Waals surface area (Å²) in [5.74, 6) is 2.78. The van der Waals surface area contributed by atoms with Gasteiger partial charge in [-0.05, 0) is 41.5 Å². The first-order valence-corrected chi connectivity index (χ1v) is 8.60. The van der Waals surface area contributed by atoms with E-state index in [1.807, 2.05) is 0 Å². The molecule has 0 rings (SSSR count). The molecule has 0 amide bonds. The molecule has 0 nitrogen and oxygen atoms in total. The van der Waals surface area contributed by atoms with Gasteiger partial charge in [-0.1, -0.05) is 0 Å². The van der Waals surface area contributed by atoms with Gasteiger partial charge in [-0.25, -0.2) is 0 Å². The second-order valence-electron chi connectivity index (χ2n) is 3.87. The average molecular weight is 222 g/mol. The van der Waals surface area contributed by atoms with Crippen molar-refractivity contribution in [2.45, 2.75) is 52.0 Å². The first kappa shape index (κ1) is 13.7. The van der Waals surface area contributed by atoms with E-state index < -0.39 is 0 Å². The maximum atomic E-state index is 2.38. The smallest absolute Gasteiger partial charge is 0.0196 e. The van der Waals surface area contributed by atoms with Crippen LogP contribution in [0.15, 0.2) is 0 Å². The number of hydrogen-bond acceptors (Lipinski definition) is 0. The van der Waals surface area contributed by atoms with Gasteiger partial charge in [-0.2, -0.15) is 0 Å². The van der Waals surface area contributed by atoms with Gasteiger partial charge in [0.1, 0.15) is 22.0 Å². The van der Waals surface area contributed by atoms with Gasteiger partial charge in [-0.3, -0.25) is 0 Å². The minimum absolute atomic E-state index is 0.655. The Hall–Kier alpha value is 0.700. The van der Waals surface area contributed by atoms with Crippen LogP contribution in [0.5, 0.6) is 0 Å². The summed E-state index contributed by atoms with van der Waals surface area (Å²) >= 11 is 0. The highest BCUT2D eigenvalue weighted by atomic mass is 32.3. The Morgan fingerprint density at radius 3 is 1.46 bits per heavy atom. The largest absolute Gasteiger partial charge is 0.258 e. The molecule has 0 spiro atoms. The third kappa shape index (κ3) is 5.21. The second kappa shape index (κ2) is 7.05. The fraction of sp³-hybridized carbons (Fsp3) is 1.00. The van der Waals surface area contributed by atoms with Crippen molar-refractivity contribution in [3.63, 3.8) is 0 Å². The first-order valence-electron chi connectivity index (χ1n) is 5.35. The molecule has 0 aliphatic rings. The predicted octanol–water partition coefficient (Wildman–Crippen LogP) is 3.04. The molecule has 0 aliphatic heterocycles. The van der Waals surface area contributed by atoms with Crippen LogP contribution in [0.1, 0.15) is 41.5 Å². The topological polar surface area (TPSA) is 0 Å². The zero-order valence-corrected chi connectivity index (χ0v) is 11.7. The Kier molecular flexibility index (Phi) is 7.43. The minimum Gasteiger partial charge on any atom is -0.0196 e. The predicted molar refractivity (Wildman–Crippen MR) is 71.0 cm³/mol. The standard InChI is InChI=1S/C11H26S2/c1-7-12(8-2)9-13(10(3)4)11(5)6/h10-11H,7-9H2,1-6H3/q+2. The molecule has 0 heterocycles. The van der Waals surface area contributed by atoms with E-state index in [0.717, 1.165) is 10.5 Å². The van der Waals surface area contributed by atoms with Crippen LogP contribution in [0, 0.1) is 0 Å². The van der Waals surface area contributed by atoms with E-state index in [9.17, 15) is 0 Å². The zero-order valence-electron chi connectivity index (χ0n) is 10.1. The van der Waals surface area contributed by atoms with Crippen LogP contribution in [-0.2, 0) is 21.8 Å². The van der Waals surface area contributed by atoms with Gasteiger partial charge < -0.3 is 0 Å². The molecule has 0 fully saturated rings. The van der Waals surface area contributed by atoms with Crippen LogP contribution < -0.4 is 0 Å². The number of rotatable bonds is 6. The molecule has 13 heavy (non-hydrogen) atoms. The summed E-state index contributed by atoms with van der Waals surface area (Å²) in [7, 11) is 1.36. The molecule has 0 unspecified atom stereocenters. The summed E-state index contributed by atoms with van der Waals surface area (Å²) in [5.41, 5.74) is 0. The molecule has 0 atom stereocenters. The van der Waals surface area contributed by atoms with E-state index in [1.54, 1.807) is 0 Å². The van der Waals surface area contributed by atoms with Gasteiger partial charge in [0.15, 0.2) is 0 Å². The Bertz CT molecular complexity index is 109. The van der Waals surface area contributed by atoms with Gasteiger partial charge in [0.05, 0.1) is 0 Å². The summed E-state index contributed by atoms with van der Waals surface area (Å²) in [4.78, 5) is 0. The van der Waals surface area contributed by atoms with Crippen molar-refractivity contribution in [2.75, 3.05) is 16.6 Å². The maximum absolute atomic E-state index is 2.38. The molecule has 0 bridgehead atoms.